The predicted molar refractivity (Wildman–Crippen MR) is 199 cm³/mol. The Morgan fingerprint density at radius 2 is 0.766 bits per heavy atom. The first-order valence-electron chi connectivity index (χ1n) is 16.3. The molecule has 10 aromatic rings. The maximum atomic E-state index is 6.68. The molecule has 0 radical (unpaired) electrons. The summed E-state index contributed by atoms with van der Waals surface area (Å²) >= 11 is 0. The van der Waals surface area contributed by atoms with Crippen molar-refractivity contribution in [2.45, 2.75) is 0 Å². The minimum absolute atomic E-state index is 0.909. The van der Waals surface area contributed by atoms with Crippen molar-refractivity contribution in [3.63, 3.8) is 0 Å². The molecule has 0 saturated carbocycles. The summed E-state index contributed by atoms with van der Waals surface area (Å²) in [5.41, 5.74) is 11.9. The molecular weight excluding hydrogens is 569 g/mol. The standard InChI is InChI=1S/C46H26O/c1-2-11-33-31(9-1)32-10-3-6-14-36(32)42-25-28(19-21-37(33)42)30-15-7-18-41-43-26-27(20-24-44(43)47-46(30)41)29-22-23-40-35-13-5-4-12-34(35)39-17-8-16-38(29)45(39)40/h1-26H. The largest absolute Gasteiger partial charge is 0.455 e. The molecule has 0 atom stereocenters. The minimum atomic E-state index is 0.909. The number of rotatable bonds is 2. The van der Waals surface area contributed by atoms with Crippen molar-refractivity contribution in [3.05, 3.63) is 158 Å². The number of furan rings is 1. The van der Waals surface area contributed by atoms with Crippen LogP contribution in [-0.2, 0) is 0 Å². The molecule has 0 fully saturated rings. The second-order valence-electron chi connectivity index (χ2n) is 12.8. The SMILES string of the molecule is c1ccc2c(c1)-c1cccc3c(-c4ccc5oc6c(-c7ccc8c9ccccc9c9ccccc9c8c7)cccc6c5c4)ccc-2c13. The maximum Gasteiger partial charge on any atom is 0.143 e. The lowest BCUT2D eigenvalue weighted by molar-refractivity contribution is 0.670. The molecule has 0 N–H and O–H groups in total. The summed E-state index contributed by atoms with van der Waals surface area (Å²) < 4.78 is 6.68. The Hall–Kier alpha value is -6.18. The number of para-hydroxylation sites is 1. The van der Waals surface area contributed by atoms with Gasteiger partial charge in [-0.05, 0) is 100 Å². The Morgan fingerprint density at radius 3 is 1.51 bits per heavy atom. The summed E-state index contributed by atoms with van der Waals surface area (Å²) in [5.74, 6) is 0. The fourth-order valence-electron chi connectivity index (χ4n) is 8.33. The molecule has 0 aliphatic heterocycles. The second-order valence-corrected chi connectivity index (χ2v) is 12.8. The van der Waals surface area contributed by atoms with E-state index in [-0.39, 0.29) is 0 Å². The first-order valence-corrected chi connectivity index (χ1v) is 16.3. The van der Waals surface area contributed by atoms with Gasteiger partial charge >= 0.3 is 0 Å². The summed E-state index contributed by atoms with van der Waals surface area (Å²) in [5, 5.41) is 12.6. The molecule has 1 aromatic heterocycles. The first kappa shape index (κ1) is 25.1. The van der Waals surface area contributed by atoms with Gasteiger partial charge in [-0.1, -0.05) is 140 Å². The van der Waals surface area contributed by atoms with Crippen LogP contribution in [0.4, 0.5) is 0 Å². The molecule has 1 aliphatic rings. The highest BCUT2D eigenvalue weighted by Crippen LogP contribution is 2.49. The minimum Gasteiger partial charge on any atom is -0.455 e. The van der Waals surface area contributed by atoms with E-state index in [9.17, 15) is 0 Å². The van der Waals surface area contributed by atoms with Gasteiger partial charge in [-0.25, -0.2) is 0 Å². The fraction of sp³-hybridized carbons (Fsp3) is 0. The van der Waals surface area contributed by atoms with Crippen molar-refractivity contribution >= 4 is 65.0 Å². The van der Waals surface area contributed by atoms with Gasteiger partial charge < -0.3 is 4.42 Å². The van der Waals surface area contributed by atoms with Crippen molar-refractivity contribution < 1.29 is 4.42 Å². The summed E-state index contributed by atoms with van der Waals surface area (Å²) in [7, 11) is 0. The van der Waals surface area contributed by atoms with E-state index in [0.29, 0.717) is 0 Å². The van der Waals surface area contributed by atoms with Gasteiger partial charge in [0.15, 0.2) is 0 Å². The lowest BCUT2D eigenvalue weighted by Gasteiger charge is -2.12. The van der Waals surface area contributed by atoms with Crippen molar-refractivity contribution in [3.8, 4) is 44.5 Å². The third-order valence-electron chi connectivity index (χ3n) is 10.4. The molecule has 1 heterocycles. The van der Waals surface area contributed by atoms with Crippen molar-refractivity contribution in [2.75, 3.05) is 0 Å². The molecular formula is C46H26O. The summed E-state index contributed by atoms with van der Waals surface area (Å²) in [6, 6.07) is 57.7. The highest BCUT2D eigenvalue weighted by Gasteiger charge is 2.22. The quantitative estimate of drug-likeness (QED) is 0.182. The normalized spacial score (nSPS) is 12.3. The Kier molecular flexibility index (Phi) is 4.90. The Labute approximate surface area is 270 Å². The van der Waals surface area contributed by atoms with Crippen molar-refractivity contribution in [1.29, 1.82) is 0 Å². The van der Waals surface area contributed by atoms with Gasteiger partial charge in [0.2, 0.25) is 0 Å². The molecule has 1 aliphatic carbocycles. The zero-order valence-electron chi connectivity index (χ0n) is 25.4. The number of benzene rings is 9. The van der Waals surface area contributed by atoms with E-state index in [4.69, 9.17) is 4.42 Å². The summed E-state index contributed by atoms with van der Waals surface area (Å²) in [6.07, 6.45) is 0. The van der Waals surface area contributed by atoms with Gasteiger partial charge in [-0.2, -0.15) is 0 Å². The number of hydrogen-bond donors (Lipinski definition) is 0. The maximum absolute atomic E-state index is 6.68. The second kappa shape index (κ2) is 9.19. The van der Waals surface area contributed by atoms with Crippen LogP contribution in [0.1, 0.15) is 0 Å². The van der Waals surface area contributed by atoms with E-state index in [2.05, 4.69) is 158 Å². The topological polar surface area (TPSA) is 13.1 Å². The molecule has 1 nitrogen and oxygen atoms in total. The Morgan fingerprint density at radius 1 is 0.277 bits per heavy atom. The van der Waals surface area contributed by atoms with E-state index < -0.39 is 0 Å². The zero-order chi connectivity index (χ0) is 30.6. The van der Waals surface area contributed by atoms with Crippen LogP contribution in [0, 0.1) is 0 Å². The summed E-state index contributed by atoms with van der Waals surface area (Å²) in [6.45, 7) is 0. The van der Waals surface area contributed by atoms with Gasteiger partial charge in [0.1, 0.15) is 11.2 Å². The van der Waals surface area contributed by atoms with Gasteiger partial charge in [-0.15, -0.1) is 0 Å². The highest BCUT2D eigenvalue weighted by molar-refractivity contribution is 6.26. The lowest BCUT2D eigenvalue weighted by atomic mass is 9.91. The van der Waals surface area contributed by atoms with Crippen LogP contribution >= 0.6 is 0 Å². The van der Waals surface area contributed by atoms with Crippen LogP contribution in [0.5, 0.6) is 0 Å². The van der Waals surface area contributed by atoms with E-state index >= 15 is 0 Å². The molecule has 1 heteroatoms. The van der Waals surface area contributed by atoms with E-state index in [1.54, 1.807) is 0 Å². The van der Waals surface area contributed by atoms with Gasteiger partial charge in [0, 0.05) is 16.3 Å². The van der Waals surface area contributed by atoms with Crippen LogP contribution in [0.2, 0.25) is 0 Å². The molecule has 9 aromatic carbocycles. The molecule has 0 unspecified atom stereocenters. The van der Waals surface area contributed by atoms with E-state index in [1.807, 2.05) is 0 Å². The average molecular weight is 595 g/mol. The average Bonchev–Trinajstić information content (AvgIpc) is 3.68. The van der Waals surface area contributed by atoms with E-state index in [0.717, 1.165) is 33.1 Å². The van der Waals surface area contributed by atoms with Crippen LogP contribution in [0.25, 0.3) is 110 Å². The Balaban J connectivity index is 1.11. The van der Waals surface area contributed by atoms with Crippen LogP contribution in [0.3, 0.4) is 0 Å². The smallest absolute Gasteiger partial charge is 0.143 e. The molecule has 0 bridgehead atoms. The predicted octanol–water partition coefficient (Wildman–Crippen LogP) is 13.2. The molecule has 0 amide bonds. The lowest BCUT2D eigenvalue weighted by Crippen LogP contribution is -1.85. The van der Waals surface area contributed by atoms with Crippen LogP contribution in [-0.4, -0.2) is 0 Å². The molecule has 216 valence electrons. The van der Waals surface area contributed by atoms with Crippen LogP contribution in [0.15, 0.2) is 162 Å². The molecule has 11 rings (SSSR count). The molecule has 47 heavy (non-hydrogen) atoms. The Bertz CT molecular complexity index is 2890. The zero-order valence-corrected chi connectivity index (χ0v) is 25.4. The number of hydrogen-bond acceptors (Lipinski definition) is 1. The third-order valence-corrected chi connectivity index (χ3v) is 10.4. The van der Waals surface area contributed by atoms with Crippen molar-refractivity contribution in [2.24, 2.45) is 0 Å². The van der Waals surface area contributed by atoms with Crippen LogP contribution < -0.4 is 0 Å². The van der Waals surface area contributed by atoms with Gasteiger partial charge in [0.25, 0.3) is 0 Å². The third kappa shape index (κ3) is 3.38. The van der Waals surface area contributed by atoms with Gasteiger partial charge in [-0.3, -0.25) is 0 Å². The first-order chi connectivity index (χ1) is 23.3. The molecule has 0 saturated heterocycles. The fourth-order valence-corrected chi connectivity index (χ4v) is 8.33. The van der Waals surface area contributed by atoms with E-state index in [1.165, 1.54) is 76.5 Å². The van der Waals surface area contributed by atoms with Crippen molar-refractivity contribution in [1.82, 2.24) is 0 Å². The highest BCUT2D eigenvalue weighted by atomic mass is 16.3. The molecule has 0 spiro atoms. The van der Waals surface area contributed by atoms with Gasteiger partial charge in [0.05, 0.1) is 0 Å². The summed E-state index contributed by atoms with van der Waals surface area (Å²) in [4.78, 5) is 0. The monoisotopic (exact) mass is 594 g/mol. The number of fused-ring (bicyclic) bond motifs is 12.